The van der Waals surface area contributed by atoms with Crippen molar-refractivity contribution in [2.75, 3.05) is 20.3 Å². The van der Waals surface area contributed by atoms with E-state index in [2.05, 4.69) is 0 Å². The summed E-state index contributed by atoms with van der Waals surface area (Å²) < 4.78 is 30.4. The molecule has 7 heteroatoms. The van der Waals surface area contributed by atoms with Gasteiger partial charge in [0.05, 0.1) is 19.8 Å². The minimum atomic E-state index is -0.689. The number of hydrogen-bond acceptors (Lipinski definition) is 5. The van der Waals surface area contributed by atoms with Crippen molar-refractivity contribution in [1.29, 1.82) is 0 Å². The van der Waals surface area contributed by atoms with Gasteiger partial charge in [-0.25, -0.2) is 4.39 Å². The van der Waals surface area contributed by atoms with Crippen LogP contribution in [-0.2, 0) is 9.53 Å². The molecule has 2 aromatic rings. The number of benzene rings is 2. The van der Waals surface area contributed by atoms with Crippen molar-refractivity contribution in [1.82, 2.24) is 4.90 Å². The number of hydrogen-bond donors (Lipinski definition) is 0. The largest absolute Gasteiger partial charge is 0.497 e. The van der Waals surface area contributed by atoms with E-state index in [0.717, 1.165) is 0 Å². The Morgan fingerprint density at radius 2 is 2.04 bits per heavy atom. The van der Waals surface area contributed by atoms with Crippen LogP contribution in [0.3, 0.4) is 0 Å². The number of esters is 1. The van der Waals surface area contributed by atoms with Crippen LogP contribution in [0.1, 0.15) is 28.9 Å². The van der Waals surface area contributed by atoms with Crippen molar-refractivity contribution in [3.8, 4) is 11.5 Å². The van der Waals surface area contributed by atoms with Crippen LogP contribution < -0.4 is 9.47 Å². The summed E-state index contributed by atoms with van der Waals surface area (Å²) in [5, 5.41) is 0. The third kappa shape index (κ3) is 2.87. The molecule has 1 fully saturated rings. The summed E-state index contributed by atoms with van der Waals surface area (Å²) in [6, 6.07) is 10.8. The second kappa shape index (κ2) is 7.14. The fraction of sp³-hybridized carbons (Fsp3) is 0.333. The molecule has 0 spiro atoms. The molecular weight excluding hydrogens is 365 g/mol. The number of nitrogens with zero attached hydrogens (tertiary/aromatic N) is 1. The first-order chi connectivity index (χ1) is 13.5. The first-order valence-corrected chi connectivity index (χ1v) is 9.12. The molecule has 1 amide bonds. The number of carbonyl (C=O) groups is 2. The van der Waals surface area contributed by atoms with Crippen molar-refractivity contribution < 1.29 is 28.2 Å². The number of para-hydroxylation sites is 1. The fourth-order valence-electron chi connectivity index (χ4n) is 3.93. The van der Waals surface area contributed by atoms with Crippen molar-refractivity contribution in [2.24, 2.45) is 5.92 Å². The second-order valence-electron chi connectivity index (χ2n) is 6.73. The molecule has 2 aliphatic rings. The number of halogens is 1. The molecule has 28 heavy (non-hydrogen) atoms. The molecule has 1 saturated heterocycles. The van der Waals surface area contributed by atoms with Gasteiger partial charge in [-0.05, 0) is 31.2 Å². The van der Waals surface area contributed by atoms with Gasteiger partial charge in [0.1, 0.15) is 17.8 Å². The summed E-state index contributed by atoms with van der Waals surface area (Å²) in [5.41, 5.74) is 0.987. The number of ether oxygens (including phenoxy) is 3. The maximum Gasteiger partial charge on any atom is 0.314 e. The Balaban J connectivity index is 1.73. The van der Waals surface area contributed by atoms with Gasteiger partial charge in [0.15, 0.2) is 11.6 Å². The molecular formula is C21H20FNO5. The van der Waals surface area contributed by atoms with Crippen molar-refractivity contribution in [3.05, 3.63) is 59.4 Å². The van der Waals surface area contributed by atoms with Gasteiger partial charge < -0.3 is 19.1 Å². The van der Waals surface area contributed by atoms with E-state index >= 15 is 0 Å². The van der Waals surface area contributed by atoms with Gasteiger partial charge in [-0.1, -0.05) is 18.2 Å². The molecule has 0 unspecified atom stereocenters. The zero-order valence-corrected chi connectivity index (χ0v) is 15.6. The van der Waals surface area contributed by atoms with Crippen LogP contribution in [0.4, 0.5) is 4.39 Å². The van der Waals surface area contributed by atoms with E-state index in [4.69, 9.17) is 14.2 Å². The predicted molar refractivity (Wildman–Crippen MR) is 97.7 cm³/mol. The van der Waals surface area contributed by atoms with Gasteiger partial charge in [0.25, 0.3) is 5.91 Å². The summed E-state index contributed by atoms with van der Waals surface area (Å²) >= 11 is 0. The molecule has 0 aromatic heterocycles. The van der Waals surface area contributed by atoms with Gasteiger partial charge >= 0.3 is 5.97 Å². The zero-order chi connectivity index (χ0) is 19.8. The fourth-order valence-corrected chi connectivity index (χ4v) is 3.93. The third-order valence-electron chi connectivity index (χ3n) is 5.17. The van der Waals surface area contributed by atoms with Crippen LogP contribution >= 0.6 is 0 Å². The molecule has 6 nitrogen and oxygen atoms in total. The highest BCUT2D eigenvalue weighted by molar-refractivity contribution is 5.96. The summed E-state index contributed by atoms with van der Waals surface area (Å²) in [6.07, 6.45) is -0.680. The molecule has 0 saturated carbocycles. The number of carbonyl (C=O) groups excluding carboxylic acids is 2. The first kappa shape index (κ1) is 18.3. The van der Waals surface area contributed by atoms with Crippen LogP contribution in [0.15, 0.2) is 42.5 Å². The standard InChI is InChI=1S/C21H20FNO5/c1-3-27-21(25)15-11-23(20(24)12-6-4-7-13(10-12)26-2)17-14-8-5-9-16(22)18(14)28-19(15)17/h4-10,15,17,19H,3,11H2,1-2H3/t15-,17+,19+/m1/s1. The Labute approximate surface area is 161 Å². The predicted octanol–water partition coefficient (Wildman–Crippen LogP) is 2.97. The first-order valence-electron chi connectivity index (χ1n) is 9.12. The van der Waals surface area contributed by atoms with E-state index in [1.807, 2.05) is 0 Å². The molecule has 0 radical (unpaired) electrons. The van der Waals surface area contributed by atoms with Gasteiger partial charge in [0, 0.05) is 17.7 Å². The third-order valence-corrected chi connectivity index (χ3v) is 5.17. The van der Waals surface area contributed by atoms with Gasteiger partial charge in [-0.3, -0.25) is 9.59 Å². The van der Waals surface area contributed by atoms with E-state index < -0.39 is 29.9 Å². The number of fused-ring (bicyclic) bond motifs is 3. The number of likely N-dealkylation sites (tertiary alicyclic amines) is 1. The second-order valence-corrected chi connectivity index (χ2v) is 6.73. The van der Waals surface area contributed by atoms with Crippen LogP contribution in [0.2, 0.25) is 0 Å². The SMILES string of the molecule is CCOC(=O)[C@@H]1CN(C(=O)c2cccc(OC)c2)[C@H]2c3cccc(F)c3O[C@@H]12. The molecule has 2 aliphatic heterocycles. The Bertz CT molecular complexity index is 931. The Morgan fingerprint density at radius 3 is 2.79 bits per heavy atom. The topological polar surface area (TPSA) is 65.1 Å². The molecule has 146 valence electrons. The van der Waals surface area contributed by atoms with Crippen molar-refractivity contribution in [3.63, 3.8) is 0 Å². The Morgan fingerprint density at radius 1 is 1.25 bits per heavy atom. The minimum Gasteiger partial charge on any atom is -0.497 e. The highest BCUT2D eigenvalue weighted by atomic mass is 19.1. The van der Waals surface area contributed by atoms with E-state index in [1.54, 1.807) is 48.2 Å². The average Bonchev–Trinajstić information content (AvgIpc) is 3.26. The molecule has 0 bridgehead atoms. The highest BCUT2D eigenvalue weighted by Crippen LogP contribution is 2.49. The van der Waals surface area contributed by atoms with E-state index in [9.17, 15) is 14.0 Å². The summed E-state index contributed by atoms with van der Waals surface area (Å²) in [6.45, 7) is 2.07. The maximum atomic E-state index is 14.3. The van der Waals surface area contributed by atoms with E-state index in [0.29, 0.717) is 16.9 Å². The van der Waals surface area contributed by atoms with Crippen LogP contribution in [0, 0.1) is 11.7 Å². The quantitative estimate of drug-likeness (QED) is 0.757. The lowest BCUT2D eigenvalue weighted by Crippen LogP contribution is -2.32. The zero-order valence-electron chi connectivity index (χ0n) is 15.6. The lowest BCUT2D eigenvalue weighted by atomic mass is 9.98. The molecule has 4 rings (SSSR count). The Hall–Kier alpha value is -3.09. The van der Waals surface area contributed by atoms with E-state index in [1.165, 1.54) is 13.2 Å². The summed E-state index contributed by atoms with van der Waals surface area (Å²) in [7, 11) is 1.52. The number of rotatable bonds is 4. The van der Waals surface area contributed by atoms with Crippen molar-refractivity contribution in [2.45, 2.75) is 19.1 Å². The minimum absolute atomic E-state index is 0.0925. The lowest BCUT2D eigenvalue weighted by Gasteiger charge is -2.23. The summed E-state index contributed by atoms with van der Waals surface area (Å²) in [4.78, 5) is 27.3. The Kier molecular flexibility index (Phi) is 4.66. The molecule has 0 N–H and O–H groups in total. The van der Waals surface area contributed by atoms with E-state index in [-0.39, 0.29) is 24.8 Å². The van der Waals surface area contributed by atoms with Gasteiger partial charge in [-0.15, -0.1) is 0 Å². The maximum absolute atomic E-state index is 14.3. The molecule has 3 atom stereocenters. The normalized spacial score (nSPS) is 22.2. The summed E-state index contributed by atoms with van der Waals surface area (Å²) in [5.74, 6) is -1.28. The van der Waals surface area contributed by atoms with Crippen LogP contribution in [0.25, 0.3) is 0 Å². The lowest BCUT2D eigenvalue weighted by molar-refractivity contribution is -0.149. The number of methoxy groups -OCH3 is 1. The smallest absolute Gasteiger partial charge is 0.314 e. The molecule has 0 aliphatic carbocycles. The van der Waals surface area contributed by atoms with Crippen molar-refractivity contribution >= 4 is 11.9 Å². The van der Waals surface area contributed by atoms with Crippen LogP contribution in [-0.4, -0.2) is 43.1 Å². The van der Waals surface area contributed by atoms with Gasteiger partial charge in [0.2, 0.25) is 0 Å². The monoisotopic (exact) mass is 385 g/mol. The molecule has 2 aromatic carbocycles. The number of amides is 1. The van der Waals surface area contributed by atoms with Crippen LogP contribution in [0.5, 0.6) is 11.5 Å². The highest BCUT2D eigenvalue weighted by Gasteiger charge is 2.54. The molecule has 2 heterocycles. The average molecular weight is 385 g/mol. The van der Waals surface area contributed by atoms with Gasteiger partial charge in [-0.2, -0.15) is 0 Å².